The molecule has 1 saturated heterocycles. The summed E-state index contributed by atoms with van der Waals surface area (Å²) in [5.41, 5.74) is 0.0701. The van der Waals surface area contributed by atoms with Gasteiger partial charge < -0.3 is 10.2 Å². The van der Waals surface area contributed by atoms with Crippen molar-refractivity contribution >= 4 is 11.6 Å². The first kappa shape index (κ1) is 16.4. The van der Waals surface area contributed by atoms with Crippen molar-refractivity contribution in [1.29, 1.82) is 0 Å². The Bertz CT molecular complexity index is 573. The first-order valence-corrected chi connectivity index (χ1v) is 7.54. The molecule has 0 bridgehead atoms. The summed E-state index contributed by atoms with van der Waals surface area (Å²) >= 11 is 0. The van der Waals surface area contributed by atoms with E-state index in [1.54, 1.807) is 14.0 Å². The van der Waals surface area contributed by atoms with Gasteiger partial charge in [0, 0.05) is 32.2 Å². The minimum absolute atomic E-state index is 0.0458. The van der Waals surface area contributed by atoms with Crippen LogP contribution in [0.5, 0.6) is 0 Å². The Hall–Kier alpha value is -1.96. The van der Waals surface area contributed by atoms with Crippen molar-refractivity contribution in [3.63, 3.8) is 0 Å². The highest BCUT2D eigenvalue weighted by Crippen LogP contribution is 2.22. The number of carbonyl (C=O) groups is 1. The van der Waals surface area contributed by atoms with Gasteiger partial charge in [0.25, 0.3) is 5.91 Å². The molecule has 2 rings (SSSR count). The number of likely N-dealkylation sites (tertiary alicyclic amines) is 1. The van der Waals surface area contributed by atoms with E-state index in [2.05, 4.69) is 29.2 Å². The van der Waals surface area contributed by atoms with E-state index in [0.29, 0.717) is 11.7 Å². The number of carbonyl (C=O) groups excluding carboxylic acids is 1. The number of rotatable bonds is 4. The molecule has 8 nitrogen and oxygen atoms in total. The second-order valence-electron chi connectivity index (χ2n) is 6.04. The fourth-order valence-electron chi connectivity index (χ4n) is 2.78. The van der Waals surface area contributed by atoms with E-state index in [4.69, 9.17) is 0 Å². The number of nitro groups is 1. The summed E-state index contributed by atoms with van der Waals surface area (Å²) in [6, 6.07) is 0.542. The van der Waals surface area contributed by atoms with Crippen LogP contribution >= 0.6 is 0 Å². The maximum absolute atomic E-state index is 12.3. The Morgan fingerprint density at radius 3 is 2.50 bits per heavy atom. The Morgan fingerprint density at radius 1 is 1.41 bits per heavy atom. The molecule has 8 heteroatoms. The lowest BCUT2D eigenvalue weighted by Crippen LogP contribution is -2.46. The Kier molecular flexibility index (Phi) is 4.80. The maximum atomic E-state index is 12.3. The van der Waals surface area contributed by atoms with E-state index in [1.807, 2.05) is 0 Å². The van der Waals surface area contributed by atoms with Crippen LogP contribution in [-0.2, 0) is 7.05 Å². The van der Waals surface area contributed by atoms with Crippen LogP contribution in [0.2, 0.25) is 0 Å². The lowest BCUT2D eigenvalue weighted by Gasteiger charge is -2.34. The second kappa shape index (κ2) is 6.43. The van der Waals surface area contributed by atoms with Crippen LogP contribution in [0.3, 0.4) is 0 Å². The number of piperidine rings is 1. The third kappa shape index (κ3) is 3.27. The van der Waals surface area contributed by atoms with E-state index in [1.165, 1.54) is 4.68 Å². The van der Waals surface area contributed by atoms with Gasteiger partial charge in [-0.2, -0.15) is 5.10 Å². The van der Waals surface area contributed by atoms with Gasteiger partial charge in [0.05, 0.1) is 4.92 Å². The van der Waals surface area contributed by atoms with Crippen molar-refractivity contribution in [2.24, 2.45) is 7.05 Å². The number of hydrogen-bond acceptors (Lipinski definition) is 5. The number of nitrogens with zero attached hydrogens (tertiary/aromatic N) is 4. The number of nitrogens with one attached hydrogen (secondary N) is 1. The maximum Gasteiger partial charge on any atom is 0.322 e. The molecule has 0 aliphatic carbocycles. The van der Waals surface area contributed by atoms with Crippen molar-refractivity contribution in [2.45, 2.75) is 45.7 Å². The molecular weight excluding hydrogens is 286 g/mol. The van der Waals surface area contributed by atoms with Crippen LogP contribution in [0, 0.1) is 17.0 Å². The predicted octanol–water partition coefficient (Wildman–Crippen LogP) is 1.24. The molecule has 1 N–H and O–H groups in total. The van der Waals surface area contributed by atoms with Crippen LogP contribution in [-0.4, -0.2) is 50.7 Å². The standard InChI is InChI=1S/C14H23N5O3/c1-9(2)18-7-5-11(6-8-18)15-14(20)12-13(19(21)22)10(3)17(4)16-12/h9,11H,5-8H2,1-4H3,(H,15,20). The van der Waals surface area contributed by atoms with E-state index in [0.717, 1.165) is 25.9 Å². The molecule has 2 heterocycles. The first-order chi connectivity index (χ1) is 10.3. The minimum atomic E-state index is -0.543. The molecule has 0 radical (unpaired) electrons. The summed E-state index contributed by atoms with van der Waals surface area (Å²) in [7, 11) is 1.60. The van der Waals surface area contributed by atoms with E-state index >= 15 is 0 Å². The lowest BCUT2D eigenvalue weighted by molar-refractivity contribution is -0.385. The zero-order valence-corrected chi connectivity index (χ0v) is 13.5. The summed E-state index contributed by atoms with van der Waals surface area (Å²) in [6.07, 6.45) is 1.70. The largest absolute Gasteiger partial charge is 0.348 e. The summed E-state index contributed by atoms with van der Waals surface area (Å²) in [5.74, 6) is -0.460. The highest BCUT2D eigenvalue weighted by atomic mass is 16.6. The minimum Gasteiger partial charge on any atom is -0.348 e. The van der Waals surface area contributed by atoms with Gasteiger partial charge in [-0.15, -0.1) is 0 Å². The number of hydrogen-bond donors (Lipinski definition) is 1. The second-order valence-corrected chi connectivity index (χ2v) is 6.04. The molecule has 0 aromatic carbocycles. The lowest BCUT2D eigenvalue weighted by atomic mass is 10.0. The van der Waals surface area contributed by atoms with Gasteiger partial charge in [0.2, 0.25) is 5.69 Å². The monoisotopic (exact) mass is 309 g/mol. The van der Waals surface area contributed by atoms with Gasteiger partial charge in [0.1, 0.15) is 5.69 Å². The molecule has 1 amide bonds. The molecule has 0 spiro atoms. The summed E-state index contributed by atoms with van der Waals surface area (Å²) in [6.45, 7) is 7.73. The van der Waals surface area contributed by atoms with E-state index < -0.39 is 10.8 Å². The fourth-order valence-corrected chi connectivity index (χ4v) is 2.78. The molecule has 1 aliphatic heterocycles. The summed E-state index contributed by atoms with van der Waals surface area (Å²) < 4.78 is 1.37. The van der Waals surface area contributed by atoms with Gasteiger partial charge in [-0.1, -0.05) is 0 Å². The molecule has 22 heavy (non-hydrogen) atoms. The summed E-state index contributed by atoms with van der Waals surface area (Å²) in [4.78, 5) is 25.3. The van der Waals surface area contributed by atoms with Crippen molar-refractivity contribution in [1.82, 2.24) is 20.0 Å². The molecule has 1 aliphatic rings. The third-order valence-electron chi connectivity index (χ3n) is 4.30. The van der Waals surface area contributed by atoms with Gasteiger partial charge in [-0.05, 0) is 33.6 Å². The van der Waals surface area contributed by atoms with Crippen LogP contribution in [0.4, 0.5) is 5.69 Å². The predicted molar refractivity (Wildman–Crippen MR) is 81.8 cm³/mol. The smallest absolute Gasteiger partial charge is 0.322 e. The molecule has 0 unspecified atom stereocenters. The number of aromatic nitrogens is 2. The highest BCUT2D eigenvalue weighted by Gasteiger charge is 2.31. The average molecular weight is 309 g/mol. The van der Waals surface area contributed by atoms with Gasteiger partial charge >= 0.3 is 5.69 Å². The zero-order chi connectivity index (χ0) is 16.4. The van der Waals surface area contributed by atoms with Gasteiger partial charge in [0.15, 0.2) is 0 Å². The van der Waals surface area contributed by atoms with Crippen molar-refractivity contribution in [2.75, 3.05) is 13.1 Å². The highest BCUT2D eigenvalue weighted by molar-refractivity contribution is 5.96. The topological polar surface area (TPSA) is 93.3 Å². The van der Waals surface area contributed by atoms with Crippen LogP contribution in [0.15, 0.2) is 0 Å². The Morgan fingerprint density at radius 2 is 2.00 bits per heavy atom. The number of amides is 1. The van der Waals surface area contributed by atoms with Crippen LogP contribution in [0.1, 0.15) is 42.9 Å². The normalized spacial score (nSPS) is 17.0. The van der Waals surface area contributed by atoms with Gasteiger partial charge in [-0.3, -0.25) is 19.6 Å². The van der Waals surface area contributed by atoms with Crippen molar-refractivity contribution < 1.29 is 9.72 Å². The molecule has 0 saturated carbocycles. The van der Waals surface area contributed by atoms with Crippen LogP contribution < -0.4 is 5.32 Å². The quantitative estimate of drug-likeness (QED) is 0.667. The zero-order valence-electron chi connectivity index (χ0n) is 13.5. The Labute approximate surface area is 129 Å². The SMILES string of the molecule is Cc1c([N+](=O)[O-])c(C(=O)NC2CCN(C(C)C)CC2)nn1C. The molecule has 122 valence electrons. The fraction of sp³-hybridized carbons (Fsp3) is 0.714. The number of aryl methyl sites for hydroxylation is 1. The van der Waals surface area contributed by atoms with E-state index in [9.17, 15) is 14.9 Å². The Balaban J connectivity index is 2.05. The molecule has 1 aromatic heterocycles. The summed E-state index contributed by atoms with van der Waals surface area (Å²) in [5, 5.41) is 18.0. The van der Waals surface area contributed by atoms with E-state index in [-0.39, 0.29) is 17.4 Å². The first-order valence-electron chi connectivity index (χ1n) is 7.54. The molecule has 0 atom stereocenters. The van der Waals surface area contributed by atoms with Crippen LogP contribution in [0.25, 0.3) is 0 Å². The molecule has 1 fully saturated rings. The average Bonchev–Trinajstić information content (AvgIpc) is 2.75. The molecule has 1 aromatic rings. The van der Waals surface area contributed by atoms with Gasteiger partial charge in [-0.25, -0.2) is 0 Å². The molecular formula is C14H23N5O3. The van der Waals surface area contributed by atoms with Crippen molar-refractivity contribution in [3.05, 3.63) is 21.5 Å². The van der Waals surface area contributed by atoms with Crippen molar-refractivity contribution in [3.8, 4) is 0 Å². The third-order valence-corrected chi connectivity index (χ3v) is 4.30.